The van der Waals surface area contributed by atoms with Crippen LogP contribution in [0, 0.1) is 0 Å². The van der Waals surface area contributed by atoms with E-state index in [1.54, 1.807) is 0 Å². The molecule has 0 aromatic rings. The molecular weight excluding hydrogens is 793 g/mol. The third kappa shape index (κ3) is 48.8. The number of rotatable bonds is 44. The van der Waals surface area contributed by atoms with Crippen LogP contribution in [-0.2, 0) is 28.6 Å². The highest BCUT2D eigenvalue weighted by Gasteiger charge is 2.19. The van der Waals surface area contributed by atoms with Gasteiger partial charge in [-0.25, -0.2) is 0 Å². The van der Waals surface area contributed by atoms with Crippen LogP contribution in [-0.4, -0.2) is 37.2 Å². The molecule has 0 aliphatic carbocycles. The first kappa shape index (κ1) is 59.8. The van der Waals surface area contributed by atoms with E-state index in [1.807, 2.05) is 0 Å². The molecule has 0 radical (unpaired) electrons. The molecule has 0 bridgehead atoms. The Kier molecular flexibility index (Phi) is 48.1. The molecule has 360 valence electrons. The molecule has 0 amide bonds. The molecule has 0 heterocycles. The van der Waals surface area contributed by atoms with Gasteiger partial charge < -0.3 is 14.2 Å². The molecule has 0 fully saturated rings. The summed E-state index contributed by atoms with van der Waals surface area (Å²) in [4.78, 5) is 37.9. The summed E-state index contributed by atoms with van der Waals surface area (Å²) in [6.07, 6.45) is 70.5. The Hall–Kier alpha value is -4.19. The Morgan fingerprint density at radius 1 is 0.344 bits per heavy atom. The minimum atomic E-state index is -0.828. The van der Waals surface area contributed by atoms with Crippen LogP contribution in [0.2, 0.25) is 0 Å². The van der Waals surface area contributed by atoms with E-state index >= 15 is 0 Å². The fraction of sp³-hybridized carbons (Fsp3) is 0.603. The van der Waals surface area contributed by atoms with Gasteiger partial charge in [-0.15, -0.1) is 0 Å². The van der Waals surface area contributed by atoms with Gasteiger partial charge in [0.2, 0.25) is 0 Å². The van der Waals surface area contributed by atoms with Crippen molar-refractivity contribution < 1.29 is 28.6 Å². The van der Waals surface area contributed by atoms with Crippen LogP contribution in [0.15, 0.2) is 122 Å². The van der Waals surface area contributed by atoms with Gasteiger partial charge in [0.1, 0.15) is 13.2 Å². The molecule has 0 aliphatic rings. The van der Waals surface area contributed by atoms with E-state index in [0.29, 0.717) is 19.3 Å². The minimum absolute atomic E-state index is 0.125. The highest BCUT2D eigenvalue weighted by Crippen LogP contribution is 2.11. The summed E-state index contributed by atoms with van der Waals surface area (Å²) in [6.45, 7) is 6.28. The van der Waals surface area contributed by atoms with E-state index in [1.165, 1.54) is 44.9 Å². The molecule has 6 heteroatoms. The summed E-state index contributed by atoms with van der Waals surface area (Å²) in [5.74, 6) is -1.05. The SMILES string of the molecule is CC/C=C\C/C=C\C/C=C\C/C=C\C/C=C\CCCCCC(=O)OCC(COC(=O)CCC/C=C\C/C=C\C/C=C\CC)OC(=O)CCCCC/C=C\C=C/CCCCCCCCC. The standard InChI is InChI=1S/C58H92O6/c1-4-7-10-13-16-19-22-24-26-28-29-30-32-33-36-39-42-45-48-51-57(60)63-54-55(53-62-56(59)50-47-44-41-38-35-21-18-15-12-9-6-3)64-58(61)52-49-46-43-40-37-34-31-27-25-23-20-17-14-11-8-5-2/h7,9-10,12,16,18-19,21,24,26-27,29-31,33-34,36-38,41,55H,4-6,8,11,13-15,17,20,22-23,25,28,32,35,39-40,42-54H2,1-3H3/b10-7-,12-9-,19-16-,21-18-,26-24-,30-29-,31-27-,36-33-,37-34-,41-38-. The molecule has 0 spiro atoms. The Morgan fingerprint density at radius 2 is 0.672 bits per heavy atom. The van der Waals surface area contributed by atoms with Crippen molar-refractivity contribution in [1.29, 1.82) is 0 Å². The fourth-order valence-corrected chi connectivity index (χ4v) is 6.42. The highest BCUT2D eigenvalue weighted by molar-refractivity contribution is 5.71. The van der Waals surface area contributed by atoms with Crippen LogP contribution in [0.4, 0.5) is 0 Å². The average molecular weight is 885 g/mol. The number of esters is 3. The van der Waals surface area contributed by atoms with Crippen LogP contribution in [0.25, 0.3) is 0 Å². The van der Waals surface area contributed by atoms with E-state index in [-0.39, 0.29) is 44.0 Å². The summed E-state index contributed by atoms with van der Waals surface area (Å²) >= 11 is 0. The fourth-order valence-electron chi connectivity index (χ4n) is 6.42. The van der Waals surface area contributed by atoms with Crippen molar-refractivity contribution in [3.8, 4) is 0 Å². The second kappa shape index (κ2) is 51.4. The zero-order valence-electron chi connectivity index (χ0n) is 41.0. The maximum atomic E-state index is 12.8. The lowest BCUT2D eigenvalue weighted by Gasteiger charge is -2.18. The molecule has 0 aromatic carbocycles. The molecule has 0 saturated carbocycles. The summed E-state index contributed by atoms with van der Waals surface area (Å²) in [6, 6.07) is 0. The van der Waals surface area contributed by atoms with Crippen LogP contribution < -0.4 is 0 Å². The van der Waals surface area contributed by atoms with Crippen molar-refractivity contribution in [2.24, 2.45) is 0 Å². The van der Waals surface area contributed by atoms with Gasteiger partial charge in [0, 0.05) is 19.3 Å². The molecule has 0 aromatic heterocycles. The van der Waals surface area contributed by atoms with Gasteiger partial charge in [-0.1, -0.05) is 194 Å². The summed E-state index contributed by atoms with van der Waals surface area (Å²) in [5, 5.41) is 0. The topological polar surface area (TPSA) is 78.9 Å². The Labute approximate surface area is 392 Å². The third-order valence-electron chi connectivity index (χ3n) is 10.2. The zero-order valence-corrected chi connectivity index (χ0v) is 41.0. The summed E-state index contributed by atoms with van der Waals surface area (Å²) in [7, 11) is 0. The van der Waals surface area contributed by atoms with Gasteiger partial charge in [-0.05, 0) is 116 Å². The van der Waals surface area contributed by atoms with Crippen LogP contribution in [0.1, 0.15) is 207 Å². The lowest BCUT2D eigenvalue weighted by molar-refractivity contribution is -0.167. The monoisotopic (exact) mass is 885 g/mol. The number of carbonyl (C=O) groups is 3. The predicted molar refractivity (Wildman–Crippen MR) is 274 cm³/mol. The molecule has 64 heavy (non-hydrogen) atoms. The highest BCUT2D eigenvalue weighted by atomic mass is 16.6. The van der Waals surface area contributed by atoms with Crippen molar-refractivity contribution in [1.82, 2.24) is 0 Å². The molecular formula is C58H92O6. The van der Waals surface area contributed by atoms with Gasteiger partial charge in [0.05, 0.1) is 0 Å². The van der Waals surface area contributed by atoms with Gasteiger partial charge in [-0.3, -0.25) is 14.4 Å². The van der Waals surface area contributed by atoms with Crippen LogP contribution in [0.3, 0.4) is 0 Å². The van der Waals surface area contributed by atoms with Crippen LogP contribution >= 0.6 is 0 Å². The molecule has 0 saturated heterocycles. The second-order valence-corrected chi connectivity index (χ2v) is 16.3. The zero-order chi connectivity index (χ0) is 46.5. The van der Waals surface area contributed by atoms with E-state index in [2.05, 4.69) is 142 Å². The molecule has 0 rings (SSSR count). The predicted octanol–water partition coefficient (Wildman–Crippen LogP) is 16.9. The summed E-state index contributed by atoms with van der Waals surface area (Å²) < 4.78 is 16.7. The molecule has 6 nitrogen and oxygen atoms in total. The maximum absolute atomic E-state index is 12.8. The Morgan fingerprint density at radius 3 is 1.11 bits per heavy atom. The first-order valence-electron chi connectivity index (χ1n) is 25.6. The normalized spacial score (nSPS) is 13.1. The number of hydrogen-bond acceptors (Lipinski definition) is 6. The second-order valence-electron chi connectivity index (χ2n) is 16.3. The van der Waals surface area contributed by atoms with Gasteiger partial charge in [0.25, 0.3) is 0 Å². The maximum Gasteiger partial charge on any atom is 0.306 e. The largest absolute Gasteiger partial charge is 0.462 e. The summed E-state index contributed by atoms with van der Waals surface area (Å²) in [5.41, 5.74) is 0. The van der Waals surface area contributed by atoms with Crippen molar-refractivity contribution in [3.05, 3.63) is 122 Å². The average Bonchev–Trinajstić information content (AvgIpc) is 3.29. The van der Waals surface area contributed by atoms with E-state index in [9.17, 15) is 14.4 Å². The van der Waals surface area contributed by atoms with Gasteiger partial charge in [0.15, 0.2) is 6.10 Å². The lowest BCUT2D eigenvalue weighted by Crippen LogP contribution is -2.30. The van der Waals surface area contributed by atoms with Crippen molar-refractivity contribution in [2.75, 3.05) is 13.2 Å². The van der Waals surface area contributed by atoms with Crippen molar-refractivity contribution >= 4 is 17.9 Å². The number of carbonyl (C=O) groups excluding carboxylic acids is 3. The Balaban J connectivity index is 4.54. The quantitative estimate of drug-likeness (QED) is 0.0199. The molecule has 0 aliphatic heterocycles. The number of hydrogen-bond donors (Lipinski definition) is 0. The minimum Gasteiger partial charge on any atom is -0.462 e. The van der Waals surface area contributed by atoms with Crippen molar-refractivity contribution in [3.63, 3.8) is 0 Å². The number of unbranched alkanes of at least 4 members (excludes halogenated alkanes) is 14. The number of ether oxygens (including phenoxy) is 3. The Bertz CT molecular complexity index is 1390. The molecule has 1 unspecified atom stereocenters. The van der Waals surface area contributed by atoms with E-state index < -0.39 is 6.10 Å². The van der Waals surface area contributed by atoms with Crippen molar-refractivity contribution in [2.45, 2.75) is 213 Å². The van der Waals surface area contributed by atoms with Gasteiger partial charge >= 0.3 is 17.9 Å². The molecule has 0 N–H and O–H groups in total. The van der Waals surface area contributed by atoms with E-state index in [0.717, 1.165) is 109 Å². The lowest BCUT2D eigenvalue weighted by atomic mass is 10.1. The van der Waals surface area contributed by atoms with Gasteiger partial charge in [-0.2, -0.15) is 0 Å². The molecule has 1 atom stereocenters. The number of allylic oxidation sites excluding steroid dienone is 20. The smallest absolute Gasteiger partial charge is 0.306 e. The first-order chi connectivity index (χ1) is 31.5. The third-order valence-corrected chi connectivity index (χ3v) is 10.2. The van der Waals surface area contributed by atoms with E-state index in [4.69, 9.17) is 14.2 Å². The van der Waals surface area contributed by atoms with Crippen LogP contribution in [0.5, 0.6) is 0 Å². The first-order valence-corrected chi connectivity index (χ1v) is 25.6.